The number of halogens is 1. The van der Waals surface area contributed by atoms with E-state index >= 15 is 0 Å². The van der Waals surface area contributed by atoms with Crippen LogP contribution in [0.1, 0.15) is 33.1 Å². The Morgan fingerprint density at radius 2 is 1.83 bits per heavy atom. The highest BCUT2D eigenvalue weighted by molar-refractivity contribution is 6.17. The SMILES string of the molecule is COc1c(OCCCCCCl)ccc2cc(OCC(C)C)ccc12. The summed E-state index contributed by atoms with van der Waals surface area (Å²) in [5, 5.41) is 2.12. The minimum Gasteiger partial charge on any atom is -0.493 e. The van der Waals surface area contributed by atoms with Crippen molar-refractivity contribution in [2.24, 2.45) is 5.92 Å². The molecule has 0 heterocycles. The summed E-state index contributed by atoms with van der Waals surface area (Å²) in [6.45, 7) is 5.67. The minimum atomic E-state index is 0.504. The van der Waals surface area contributed by atoms with Gasteiger partial charge in [0, 0.05) is 11.3 Å². The van der Waals surface area contributed by atoms with Gasteiger partial charge in [-0.25, -0.2) is 0 Å². The van der Waals surface area contributed by atoms with Crippen molar-refractivity contribution in [3.63, 3.8) is 0 Å². The molecular formula is C20H27ClO3. The molecule has 24 heavy (non-hydrogen) atoms. The Hall–Kier alpha value is -1.61. The van der Waals surface area contributed by atoms with E-state index < -0.39 is 0 Å². The lowest BCUT2D eigenvalue weighted by atomic mass is 10.1. The van der Waals surface area contributed by atoms with Crippen molar-refractivity contribution in [2.75, 3.05) is 26.2 Å². The van der Waals surface area contributed by atoms with E-state index in [9.17, 15) is 0 Å². The maximum absolute atomic E-state index is 5.89. The molecular weight excluding hydrogens is 324 g/mol. The highest BCUT2D eigenvalue weighted by Crippen LogP contribution is 2.37. The van der Waals surface area contributed by atoms with Crippen molar-refractivity contribution >= 4 is 22.4 Å². The van der Waals surface area contributed by atoms with Crippen LogP contribution in [0.4, 0.5) is 0 Å². The Bertz CT molecular complexity index is 640. The van der Waals surface area contributed by atoms with Gasteiger partial charge in [0.25, 0.3) is 0 Å². The van der Waals surface area contributed by atoms with Crippen LogP contribution in [0, 0.1) is 5.92 Å². The summed E-state index contributed by atoms with van der Waals surface area (Å²) in [4.78, 5) is 0. The van der Waals surface area contributed by atoms with Gasteiger partial charge in [0.05, 0.1) is 20.3 Å². The van der Waals surface area contributed by atoms with Gasteiger partial charge in [-0.15, -0.1) is 11.6 Å². The van der Waals surface area contributed by atoms with Gasteiger partial charge in [-0.1, -0.05) is 19.9 Å². The Balaban J connectivity index is 2.12. The third kappa shape index (κ3) is 5.20. The quantitative estimate of drug-likeness (QED) is 0.408. The van der Waals surface area contributed by atoms with Crippen LogP contribution in [0.2, 0.25) is 0 Å². The molecule has 0 unspecified atom stereocenters. The third-order valence-corrected chi connectivity index (χ3v) is 4.00. The molecule has 0 N–H and O–H groups in total. The number of benzene rings is 2. The standard InChI is InChI=1S/C20H27ClO3/c1-15(2)14-24-17-8-9-18-16(13-17)7-10-19(20(18)22-3)23-12-6-4-5-11-21/h7-10,13,15H,4-6,11-12,14H2,1-3H3. The minimum absolute atomic E-state index is 0.504. The van der Waals surface area contributed by atoms with Crippen molar-refractivity contribution in [3.05, 3.63) is 30.3 Å². The van der Waals surface area contributed by atoms with E-state index in [0.29, 0.717) is 25.0 Å². The number of hydrogen-bond donors (Lipinski definition) is 0. The molecule has 0 atom stereocenters. The van der Waals surface area contributed by atoms with Crippen molar-refractivity contribution in [2.45, 2.75) is 33.1 Å². The highest BCUT2D eigenvalue weighted by atomic mass is 35.5. The summed E-state index contributed by atoms with van der Waals surface area (Å²) in [6, 6.07) is 10.1. The predicted octanol–water partition coefficient (Wildman–Crippen LogP) is 5.67. The topological polar surface area (TPSA) is 27.7 Å². The Kier molecular flexibility index (Phi) is 7.51. The zero-order valence-electron chi connectivity index (χ0n) is 14.8. The van der Waals surface area contributed by atoms with Crippen LogP contribution < -0.4 is 14.2 Å². The first kappa shape index (κ1) is 18.7. The fourth-order valence-corrected chi connectivity index (χ4v) is 2.68. The molecule has 3 nitrogen and oxygen atoms in total. The number of hydrogen-bond acceptors (Lipinski definition) is 3. The van der Waals surface area contributed by atoms with E-state index in [4.69, 9.17) is 25.8 Å². The smallest absolute Gasteiger partial charge is 0.168 e. The van der Waals surface area contributed by atoms with Gasteiger partial charge in [0.2, 0.25) is 0 Å². The van der Waals surface area contributed by atoms with E-state index in [-0.39, 0.29) is 0 Å². The summed E-state index contributed by atoms with van der Waals surface area (Å²) in [5.41, 5.74) is 0. The van der Waals surface area contributed by atoms with Crippen LogP contribution in [0.15, 0.2) is 30.3 Å². The fourth-order valence-electron chi connectivity index (χ4n) is 2.49. The Morgan fingerprint density at radius 3 is 2.54 bits per heavy atom. The van der Waals surface area contributed by atoms with Crippen LogP contribution in [-0.2, 0) is 0 Å². The average molecular weight is 351 g/mol. The molecule has 0 aliphatic carbocycles. The molecule has 0 saturated carbocycles. The second kappa shape index (κ2) is 9.63. The number of unbranched alkanes of at least 4 members (excludes halogenated alkanes) is 2. The average Bonchev–Trinajstić information content (AvgIpc) is 2.59. The van der Waals surface area contributed by atoms with Crippen LogP contribution in [0.3, 0.4) is 0 Å². The summed E-state index contributed by atoms with van der Waals surface area (Å²) in [7, 11) is 1.68. The molecule has 0 radical (unpaired) electrons. The molecule has 0 saturated heterocycles. The van der Waals surface area contributed by atoms with E-state index in [1.54, 1.807) is 7.11 Å². The van der Waals surface area contributed by atoms with Crippen molar-refractivity contribution in [1.82, 2.24) is 0 Å². The normalized spacial score (nSPS) is 11.0. The van der Waals surface area contributed by atoms with E-state index in [1.165, 1.54) is 0 Å². The van der Waals surface area contributed by atoms with Crippen LogP contribution in [-0.4, -0.2) is 26.2 Å². The fraction of sp³-hybridized carbons (Fsp3) is 0.500. The second-order valence-corrected chi connectivity index (χ2v) is 6.66. The van der Waals surface area contributed by atoms with Crippen molar-refractivity contribution in [1.29, 1.82) is 0 Å². The zero-order chi connectivity index (χ0) is 17.4. The number of methoxy groups -OCH3 is 1. The largest absolute Gasteiger partial charge is 0.493 e. The summed E-state index contributed by atoms with van der Waals surface area (Å²) < 4.78 is 17.3. The first-order valence-corrected chi connectivity index (χ1v) is 9.11. The van der Waals surface area contributed by atoms with Gasteiger partial charge in [-0.2, -0.15) is 0 Å². The van der Waals surface area contributed by atoms with Crippen molar-refractivity contribution in [3.8, 4) is 17.2 Å². The maximum atomic E-state index is 5.89. The molecule has 132 valence electrons. The van der Waals surface area contributed by atoms with Gasteiger partial charge in [0.15, 0.2) is 11.5 Å². The van der Waals surface area contributed by atoms with Gasteiger partial charge in [-0.05, 0) is 54.8 Å². The number of rotatable bonds is 10. The predicted molar refractivity (Wildman–Crippen MR) is 101 cm³/mol. The van der Waals surface area contributed by atoms with Gasteiger partial charge < -0.3 is 14.2 Å². The first-order chi connectivity index (χ1) is 11.7. The van der Waals surface area contributed by atoms with Gasteiger partial charge in [-0.3, -0.25) is 0 Å². The number of fused-ring (bicyclic) bond motifs is 1. The lowest BCUT2D eigenvalue weighted by molar-refractivity contribution is 0.271. The molecule has 0 fully saturated rings. The molecule has 4 heteroatoms. The summed E-state index contributed by atoms with van der Waals surface area (Å²) in [6.07, 6.45) is 3.10. The van der Waals surface area contributed by atoms with Crippen LogP contribution >= 0.6 is 11.6 Å². The third-order valence-electron chi connectivity index (χ3n) is 3.73. The molecule has 2 rings (SSSR count). The van der Waals surface area contributed by atoms with Gasteiger partial charge >= 0.3 is 0 Å². The molecule has 0 amide bonds. The molecule has 0 aliphatic rings. The van der Waals surface area contributed by atoms with Crippen LogP contribution in [0.5, 0.6) is 17.2 Å². The van der Waals surface area contributed by atoms with Gasteiger partial charge in [0.1, 0.15) is 5.75 Å². The molecule has 0 aromatic heterocycles. The highest BCUT2D eigenvalue weighted by Gasteiger charge is 2.10. The second-order valence-electron chi connectivity index (χ2n) is 6.28. The van der Waals surface area contributed by atoms with E-state index in [2.05, 4.69) is 13.8 Å². The molecule has 0 aliphatic heterocycles. The number of alkyl halides is 1. The molecule has 2 aromatic carbocycles. The maximum Gasteiger partial charge on any atom is 0.168 e. The summed E-state index contributed by atoms with van der Waals surface area (Å²) >= 11 is 5.69. The zero-order valence-corrected chi connectivity index (χ0v) is 15.6. The Labute approximate surface area is 149 Å². The number of ether oxygens (including phenoxy) is 3. The monoisotopic (exact) mass is 350 g/mol. The van der Waals surface area contributed by atoms with E-state index in [0.717, 1.165) is 47.3 Å². The molecule has 2 aromatic rings. The van der Waals surface area contributed by atoms with Crippen LogP contribution in [0.25, 0.3) is 10.8 Å². The molecule has 0 bridgehead atoms. The molecule has 0 spiro atoms. The Morgan fingerprint density at radius 1 is 1.00 bits per heavy atom. The first-order valence-electron chi connectivity index (χ1n) is 8.58. The van der Waals surface area contributed by atoms with Crippen molar-refractivity contribution < 1.29 is 14.2 Å². The summed E-state index contributed by atoms with van der Waals surface area (Å²) in [5.74, 6) is 3.66. The lowest BCUT2D eigenvalue weighted by Crippen LogP contribution is -2.04. The lowest BCUT2D eigenvalue weighted by Gasteiger charge is -2.14. The van der Waals surface area contributed by atoms with E-state index in [1.807, 2.05) is 30.3 Å².